The van der Waals surface area contributed by atoms with Crippen molar-refractivity contribution < 1.29 is 4.79 Å². The van der Waals surface area contributed by atoms with Crippen molar-refractivity contribution in [1.82, 2.24) is 19.6 Å². The number of hydrogen-bond donors (Lipinski definition) is 1. The number of carbonyl (C=O) groups is 1. The summed E-state index contributed by atoms with van der Waals surface area (Å²) in [5, 5.41) is 14.1. The van der Waals surface area contributed by atoms with Crippen molar-refractivity contribution in [3.63, 3.8) is 0 Å². The van der Waals surface area contributed by atoms with E-state index in [4.69, 9.17) is 0 Å². The van der Waals surface area contributed by atoms with Gasteiger partial charge < -0.3 is 5.32 Å². The van der Waals surface area contributed by atoms with Crippen LogP contribution in [0.5, 0.6) is 0 Å². The molecule has 3 aromatic heterocycles. The number of pyridine rings is 1. The number of aromatic nitrogens is 4. The van der Waals surface area contributed by atoms with Crippen LogP contribution in [0.25, 0.3) is 16.9 Å². The molecule has 28 heavy (non-hydrogen) atoms. The molecule has 0 aliphatic carbocycles. The second-order valence-corrected chi connectivity index (χ2v) is 8.42. The maximum Gasteiger partial charge on any atom is 0.239 e. The van der Waals surface area contributed by atoms with Crippen LogP contribution in [-0.4, -0.2) is 30.7 Å². The van der Waals surface area contributed by atoms with Gasteiger partial charge >= 0.3 is 0 Å². The van der Waals surface area contributed by atoms with Crippen LogP contribution in [0, 0.1) is 0 Å². The second kappa shape index (κ2) is 8.12. The maximum absolute atomic E-state index is 12.6. The summed E-state index contributed by atoms with van der Waals surface area (Å²) in [7, 11) is 0. The molecule has 0 radical (unpaired) electrons. The van der Waals surface area contributed by atoms with Gasteiger partial charge in [0, 0.05) is 17.1 Å². The molecule has 0 spiro atoms. The molecule has 1 amide bonds. The van der Waals surface area contributed by atoms with E-state index in [2.05, 4.69) is 51.7 Å². The number of hydrogen-bond acceptors (Lipinski definition) is 6. The zero-order valence-corrected chi connectivity index (χ0v) is 17.1. The minimum absolute atomic E-state index is 0.111. The van der Waals surface area contributed by atoms with Crippen molar-refractivity contribution in [3.05, 3.63) is 59.6 Å². The summed E-state index contributed by atoms with van der Waals surface area (Å²) in [6.07, 6.45) is 2.90. The molecule has 1 atom stereocenters. The third kappa shape index (κ3) is 3.93. The molecule has 142 valence electrons. The Kier molecular flexibility index (Phi) is 5.40. The van der Waals surface area contributed by atoms with Gasteiger partial charge in [-0.1, -0.05) is 49.0 Å². The van der Waals surface area contributed by atoms with E-state index in [0.29, 0.717) is 10.3 Å². The lowest BCUT2D eigenvalue weighted by Crippen LogP contribution is -2.22. The lowest BCUT2D eigenvalue weighted by atomic mass is 10.1. The van der Waals surface area contributed by atoms with Gasteiger partial charge in [-0.15, -0.1) is 21.5 Å². The van der Waals surface area contributed by atoms with Crippen LogP contribution in [0.1, 0.15) is 19.4 Å². The minimum Gasteiger partial charge on any atom is -0.301 e. The molecule has 8 heteroatoms. The first-order chi connectivity index (χ1) is 13.6. The molecule has 0 aliphatic heterocycles. The normalized spacial score (nSPS) is 12.2. The van der Waals surface area contributed by atoms with Crippen molar-refractivity contribution >= 4 is 39.8 Å². The average molecular weight is 410 g/mol. The number of thiazole rings is 1. The topological polar surface area (TPSA) is 72.2 Å². The molecule has 1 aromatic carbocycles. The number of benzene rings is 1. The fourth-order valence-corrected chi connectivity index (χ4v) is 4.25. The van der Waals surface area contributed by atoms with Gasteiger partial charge in [-0.2, -0.15) is 0 Å². The molecule has 0 saturated carbocycles. The highest BCUT2D eigenvalue weighted by Crippen LogP contribution is 2.27. The summed E-state index contributed by atoms with van der Waals surface area (Å²) in [5.41, 5.74) is 3.97. The summed E-state index contributed by atoms with van der Waals surface area (Å²) in [6.45, 7) is 3.98. The van der Waals surface area contributed by atoms with Crippen LogP contribution in [0.2, 0.25) is 0 Å². The molecule has 0 fully saturated rings. The molecule has 4 rings (SSSR count). The van der Waals surface area contributed by atoms with E-state index in [1.54, 1.807) is 0 Å². The highest BCUT2D eigenvalue weighted by molar-refractivity contribution is 8.00. The van der Waals surface area contributed by atoms with Crippen molar-refractivity contribution in [2.45, 2.75) is 30.7 Å². The zero-order valence-electron chi connectivity index (χ0n) is 15.5. The van der Waals surface area contributed by atoms with Crippen LogP contribution >= 0.6 is 23.1 Å². The molecule has 6 nitrogen and oxygen atoms in total. The Morgan fingerprint density at radius 2 is 2.04 bits per heavy atom. The Balaban J connectivity index is 1.42. The number of carbonyl (C=O) groups excluding carboxylic acids is 1. The smallest absolute Gasteiger partial charge is 0.239 e. The third-order valence-corrected chi connectivity index (χ3v) is 6.14. The number of anilines is 1. The number of nitrogens with one attached hydrogen (secondary N) is 1. The predicted molar refractivity (Wildman–Crippen MR) is 114 cm³/mol. The Morgan fingerprint density at radius 3 is 2.82 bits per heavy atom. The molecule has 0 saturated heterocycles. The minimum atomic E-state index is -0.330. The molecule has 3 heterocycles. The molecular formula is C20H19N5OS2. The van der Waals surface area contributed by atoms with Gasteiger partial charge in [0.1, 0.15) is 0 Å². The van der Waals surface area contributed by atoms with Crippen LogP contribution in [0.3, 0.4) is 0 Å². The summed E-state index contributed by atoms with van der Waals surface area (Å²) < 4.78 is 1.87. The van der Waals surface area contributed by atoms with Crippen molar-refractivity contribution in [2.75, 3.05) is 5.32 Å². The van der Waals surface area contributed by atoms with Crippen molar-refractivity contribution in [2.24, 2.45) is 0 Å². The second-order valence-electron chi connectivity index (χ2n) is 6.25. The quantitative estimate of drug-likeness (QED) is 0.474. The Morgan fingerprint density at radius 1 is 1.21 bits per heavy atom. The number of amides is 1. The first-order valence-electron chi connectivity index (χ1n) is 8.96. The number of nitrogens with zero attached hydrogens (tertiary/aromatic N) is 4. The van der Waals surface area contributed by atoms with Crippen LogP contribution in [-0.2, 0) is 11.2 Å². The van der Waals surface area contributed by atoms with E-state index in [-0.39, 0.29) is 11.2 Å². The van der Waals surface area contributed by atoms with Crippen molar-refractivity contribution in [1.29, 1.82) is 0 Å². The Hall–Kier alpha value is -2.71. The summed E-state index contributed by atoms with van der Waals surface area (Å²) in [4.78, 5) is 17.1. The van der Waals surface area contributed by atoms with E-state index < -0.39 is 0 Å². The van der Waals surface area contributed by atoms with Crippen molar-refractivity contribution in [3.8, 4) is 11.3 Å². The van der Waals surface area contributed by atoms with Gasteiger partial charge in [0.25, 0.3) is 0 Å². The van der Waals surface area contributed by atoms with E-state index in [1.807, 2.05) is 41.1 Å². The highest BCUT2D eigenvalue weighted by atomic mass is 32.2. The van der Waals surface area contributed by atoms with E-state index in [9.17, 15) is 4.79 Å². The van der Waals surface area contributed by atoms with Crippen LogP contribution < -0.4 is 5.32 Å². The third-order valence-electron chi connectivity index (χ3n) is 4.33. The summed E-state index contributed by atoms with van der Waals surface area (Å²) in [6, 6.07) is 14.0. The fourth-order valence-electron chi connectivity index (χ4n) is 2.69. The molecule has 0 bridgehead atoms. The first kappa shape index (κ1) is 18.6. The summed E-state index contributed by atoms with van der Waals surface area (Å²) in [5.74, 6) is -0.111. The Bertz CT molecular complexity index is 1100. The maximum atomic E-state index is 12.6. The largest absolute Gasteiger partial charge is 0.301 e. The highest BCUT2D eigenvalue weighted by Gasteiger charge is 2.19. The number of aryl methyl sites for hydroxylation is 1. The van der Waals surface area contributed by atoms with Gasteiger partial charge in [-0.05, 0) is 31.0 Å². The lowest BCUT2D eigenvalue weighted by Gasteiger charge is -2.09. The number of rotatable bonds is 6. The van der Waals surface area contributed by atoms with Gasteiger partial charge in [-0.3, -0.25) is 9.20 Å². The fraction of sp³-hybridized carbons (Fsp3) is 0.200. The molecule has 0 aliphatic rings. The van der Waals surface area contributed by atoms with Crippen LogP contribution in [0.4, 0.5) is 5.13 Å². The average Bonchev–Trinajstić information content (AvgIpc) is 3.35. The number of thioether (sulfide) groups is 1. The van der Waals surface area contributed by atoms with E-state index >= 15 is 0 Å². The van der Waals surface area contributed by atoms with Gasteiger partial charge in [0.2, 0.25) is 5.91 Å². The van der Waals surface area contributed by atoms with Gasteiger partial charge in [-0.25, -0.2) is 4.98 Å². The first-order valence-corrected chi connectivity index (χ1v) is 10.7. The zero-order chi connectivity index (χ0) is 19.5. The predicted octanol–water partition coefficient (Wildman–Crippen LogP) is 4.53. The molecule has 0 unspecified atom stereocenters. The molecular weight excluding hydrogens is 390 g/mol. The van der Waals surface area contributed by atoms with E-state index in [0.717, 1.165) is 23.3 Å². The Labute approximate surface area is 171 Å². The monoisotopic (exact) mass is 409 g/mol. The number of fused-ring (bicyclic) bond motifs is 1. The SMILES string of the molecule is CCc1ccc(-c2csc(NC(=O)[C@@H](C)Sc3nnc4ccccn34)n2)cc1. The van der Waals surface area contributed by atoms with Crippen LogP contribution in [0.15, 0.2) is 59.2 Å². The molecule has 1 N–H and O–H groups in total. The summed E-state index contributed by atoms with van der Waals surface area (Å²) >= 11 is 2.79. The molecule has 4 aromatic rings. The van der Waals surface area contributed by atoms with Gasteiger partial charge in [0.15, 0.2) is 15.9 Å². The van der Waals surface area contributed by atoms with Gasteiger partial charge in [0.05, 0.1) is 10.9 Å². The standard InChI is InChI=1S/C20H19N5OS2/c1-3-14-7-9-15(10-8-14)16-12-27-19(21-16)22-18(26)13(2)28-20-24-23-17-6-4-5-11-25(17)20/h4-13H,3H2,1-2H3,(H,21,22,26)/t13-/m1/s1. The van der Waals surface area contributed by atoms with E-state index in [1.165, 1.54) is 28.7 Å². The lowest BCUT2D eigenvalue weighted by molar-refractivity contribution is -0.115.